The molecular weight excluding hydrogens is 296 g/mol. The van der Waals surface area contributed by atoms with E-state index in [4.69, 9.17) is 16.9 Å². The molecule has 1 aliphatic rings. The van der Waals surface area contributed by atoms with Crippen LogP contribution in [0.15, 0.2) is 23.1 Å². The molecule has 0 unspecified atom stereocenters. The highest BCUT2D eigenvalue weighted by molar-refractivity contribution is 7.89. The van der Waals surface area contributed by atoms with Gasteiger partial charge in [0, 0.05) is 6.54 Å². The van der Waals surface area contributed by atoms with E-state index >= 15 is 0 Å². The van der Waals surface area contributed by atoms with Crippen LogP contribution in [-0.4, -0.2) is 15.0 Å². The zero-order valence-corrected chi connectivity index (χ0v) is 13.1. The van der Waals surface area contributed by atoms with Crippen molar-refractivity contribution in [3.63, 3.8) is 0 Å². The summed E-state index contributed by atoms with van der Waals surface area (Å²) in [7, 11) is -3.58. The lowest BCUT2D eigenvalue weighted by Crippen LogP contribution is -2.32. The monoisotopic (exact) mass is 312 g/mol. The van der Waals surface area contributed by atoms with Crippen molar-refractivity contribution >= 4 is 21.6 Å². The van der Waals surface area contributed by atoms with Crippen LogP contribution >= 0.6 is 11.6 Å². The summed E-state index contributed by atoms with van der Waals surface area (Å²) in [5, 5.41) is 8.95. The van der Waals surface area contributed by atoms with E-state index in [2.05, 4.69) is 18.6 Å². The van der Waals surface area contributed by atoms with Gasteiger partial charge in [-0.2, -0.15) is 5.26 Å². The molecule has 108 valence electrons. The van der Waals surface area contributed by atoms with Crippen molar-refractivity contribution in [2.24, 2.45) is 11.3 Å². The van der Waals surface area contributed by atoms with Gasteiger partial charge in [0.1, 0.15) is 6.07 Å². The Kier molecular flexibility index (Phi) is 4.10. The second kappa shape index (κ2) is 5.36. The molecule has 1 aromatic rings. The molecule has 0 spiro atoms. The predicted octanol–water partition coefficient (Wildman–Crippen LogP) is 2.93. The van der Waals surface area contributed by atoms with Crippen molar-refractivity contribution in [1.29, 1.82) is 5.26 Å². The van der Waals surface area contributed by atoms with Crippen LogP contribution in [0.2, 0.25) is 5.02 Å². The summed E-state index contributed by atoms with van der Waals surface area (Å²) >= 11 is 5.87. The minimum Gasteiger partial charge on any atom is -0.211 e. The maximum Gasteiger partial charge on any atom is 0.240 e. The van der Waals surface area contributed by atoms with Crippen LogP contribution in [0.5, 0.6) is 0 Å². The number of nitrogens with one attached hydrogen (secondary N) is 1. The van der Waals surface area contributed by atoms with Crippen LogP contribution < -0.4 is 4.72 Å². The lowest BCUT2D eigenvalue weighted by molar-refractivity contribution is 0.357. The lowest BCUT2D eigenvalue weighted by Gasteiger charge is -2.20. The first-order valence-corrected chi connectivity index (χ1v) is 8.36. The molecule has 0 bridgehead atoms. The highest BCUT2D eigenvalue weighted by Gasteiger charge is 2.45. The molecule has 1 saturated carbocycles. The van der Waals surface area contributed by atoms with Gasteiger partial charge in [0.15, 0.2) is 0 Å². The molecular formula is C14H17ClN2O2S. The summed E-state index contributed by atoms with van der Waals surface area (Å²) in [4.78, 5) is 0.0982. The molecule has 0 aliphatic heterocycles. The van der Waals surface area contributed by atoms with Crippen LogP contribution in [0, 0.1) is 22.7 Å². The second-order valence-electron chi connectivity index (χ2n) is 5.60. The molecule has 4 nitrogen and oxygen atoms in total. The minimum absolute atomic E-state index is 0.0982. The molecule has 0 radical (unpaired) electrons. The average Bonchev–Trinajstić information content (AvgIpc) is 3.17. The molecule has 1 aromatic carbocycles. The Hall–Kier alpha value is -1.09. The Morgan fingerprint density at radius 2 is 2.10 bits per heavy atom. The van der Waals surface area contributed by atoms with Gasteiger partial charge in [0.25, 0.3) is 0 Å². The molecule has 1 fully saturated rings. The van der Waals surface area contributed by atoms with Gasteiger partial charge in [-0.05, 0) is 42.4 Å². The number of benzene rings is 1. The molecule has 1 N–H and O–H groups in total. The Bertz CT molecular complexity index is 658. The largest absolute Gasteiger partial charge is 0.240 e. The summed E-state index contributed by atoms with van der Waals surface area (Å²) in [6, 6.07) is 6.05. The molecule has 0 heterocycles. The number of halogens is 1. The van der Waals surface area contributed by atoms with E-state index in [0.717, 1.165) is 12.8 Å². The van der Waals surface area contributed by atoms with Crippen molar-refractivity contribution in [1.82, 2.24) is 4.72 Å². The Labute approximate surface area is 124 Å². The Balaban J connectivity index is 2.15. The van der Waals surface area contributed by atoms with Gasteiger partial charge in [0.2, 0.25) is 10.0 Å². The summed E-state index contributed by atoms with van der Waals surface area (Å²) in [5.41, 5.74) is 0.371. The summed E-state index contributed by atoms with van der Waals surface area (Å²) in [5.74, 6) is 0.453. The first-order chi connectivity index (χ1) is 9.31. The fourth-order valence-electron chi connectivity index (χ4n) is 2.19. The third-order valence-electron chi connectivity index (χ3n) is 4.10. The van der Waals surface area contributed by atoms with Gasteiger partial charge in [-0.25, -0.2) is 13.1 Å². The molecule has 20 heavy (non-hydrogen) atoms. The zero-order chi connectivity index (χ0) is 15.0. The number of nitrogens with zero attached hydrogens (tertiary/aromatic N) is 1. The van der Waals surface area contributed by atoms with E-state index in [1.165, 1.54) is 18.2 Å². The number of sulfonamides is 1. The number of hydrogen-bond donors (Lipinski definition) is 1. The van der Waals surface area contributed by atoms with E-state index in [1.54, 1.807) is 0 Å². The molecule has 0 atom stereocenters. The van der Waals surface area contributed by atoms with Crippen LogP contribution in [0.25, 0.3) is 0 Å². The Morgan fingerprint density at radius 1 is 1.45 bits per heavy atom. The minimum atomic E-state index is -3.58. The van der Waals surface area contributed by atoms with Crippen LogP contribution in [-0.2, 0) is 10.0 Å². The van der Waals surface area contributed by atoms with Crippen molar-refractivity contribution in [2.45, 2.75) is 31.6 Å². The number of hydrogen-bond acceptors (Lipinski definition) is 3. The average molecular weight is 313 g/mol. The van der Waals surface area contributed by atoms with E-state index in [9.17, 15) is 8.42 Å². The van der Waals surface area contributed by atoms with Crippen molar-refractivity contribution in [3.05, 3.63) is 28.8 Å². The maximum atomic E-state index is 12.2. The van der Waals surface area contributed by atoms with Crippen LogP contribution in [0.1, 0.15) is 32.3 Å². The summed E-state index contributed by atoms with van der Waals surface area (Å²) in [6.07, 6.45) is 2.11. The fraction of sp³-hybridized carbons (Fsp3) is 0.500. The quantitative estimate of drug-likeness (QED) is 0.908. The first kappa shape index (κ1) is 15.3. The van der Waals surface area contributed by atoms with Gasteiger partial charge in [0.05, 0.1) is 15.5 Å². The molecule has 1 aliphatic carbocycles. The van der Waals surface area contributed by atoms with Crippen molar-refractivity contribution in [3.8, 4) is 6.07 Å². The van der Waals surface area contributed by atoms with Crippen molar-refractivity contribution < 1.29 is 8.42 Å². The van der Waals surface area contributed by atoms with Crippen LogP contribution in [0.4, 0.5) is 0 Å². The lowest BCUT2D eigenvalue weighted by atomic mass is 9.93. The topological polar surface area (TPSA) is 70.0 Å². The van der Waals surface area contributed by atoms with Gasteiger partial charge >= 0.3 is 0 Å². The Morgan fingerprint density at radius 3 is 2.55 bits per heavy atom. The van der Waals surface area contributed by atoms with Crippen LogP contribution in [0.3, 0.4) is 0 Å². The number of nitriles is 1. The van der Waals surface area contributed by atoms with Gasteiger partial charge in [-0.3, -0.25) is 0 Å². The van der Waals surface area contributed by atoms with E-state index in [1.807, 2.05) is 6.07 Å². The van der Waals surface area contributed by atoms with Crippen molar-refractivity contribution in [2.75, 3.05) is 6.54 Å². The normalized spacial score (nSPS) is 16.9. The molecule has 0 amide bonds. The van der Waals surface area contributed by atoms with Gasteiger partial charge in [-0.1, -0.05) is 25.4 Å². The number of rotatable bonds is 5. The standard InChI is InChI=1S/C14H17ClN2O2S/c1-10(2)14(5-6-14)9-17-20(18,19)12-4-3-11(8-16)13(15)7-12/h3-4,7,10,17H,5-6,9H2,1-2H3. The second-order valence-corrected chi connectivity index (χ2v) is 7.77. The fourth-order valence-corrected chi connectivity index (χ4v) is 3.65. The summed E-state index contributed by atoms with van der Waals surface area (Å²) in [6.45, 7) is 4.67. The predicted molar refractivity (Wildman–Crippen MR) is 77.9 cm³/mol. The molecule has 2 rings (SSSR count). The zero-order valence-electron chi connectivity index (χ0n) is 11.5. The highest BCUT2D eigenvalue weighted by atomic mass is 35.5. The summed E-state index contributed by atoms with van der Waals surface area (Å²) < 4.78 is 27.1. The smallest absolute Gasteiger partial charge is 0.211 e. The third-order valence-corrected chi connectivity index (χ3v) is 5.81. The van der Waals surface area contributed by atoms with E-state index in [0.29, 0.717) is 12.5 Å². The van der Waals surface area contributed by atoms with Gasteiger partial charge in [-0.15, -0.1) is 0 Å². The van der Waals surface area contributed by atoms with E-state index in [-0.39, 0.29) is 20.9 Å². The van der Waals surface area contributed by atoms with E-state index < -0.39 is 10.0 Å². The molecule has 0 saturated heterocycles. The third kappa shape index (κ3) is 2.98. The van der Waals surface area contributed by atoms with Gasteiger partial charge < -0.3 is 0 Å². The first-order valence-electron chi connectivity index (χ1n) is 6.50. The SMILES string of the molecule is CC(C)C1(CNS(=O)(=O)c2ccc(C#N)c(Cl)c2)CC1. The highest BCUT2D eigenvalue weighted by Crippen LogP contribution is 2.51. The maximum absolute atomic E-state index is 12.2. The molecule has 0 aromatic heterocycles. The molecule has 6 heteroatoms.